The van der Waals surface area contributed by atoms with E-state index in [1.807, 2.05) is 0 Å². The molecule has 3 aromatic rings. The molecule has 192 valence electrons. The number of amides is 2. The Hall–Kier alpha value is -3.79. The lowest BCUT2D eigenvalue weighted by Crippen LogP contribution is -2.41. The van der Waals surface area contributed by atoms with Crippen LogP contribution in [0.5, 0.6) is 0 Å². The van der Waals surface area contributed by atoms with Crippen LogP contribution in [0, 0.1) is 18.6 Å². The molecule has 1 aromatic heterocycles. The smallest absolute Gasteiger partial charge is 0.262 e. The topological polar surface area (TPSA) is 96.3 Å². The number of nitrogens with zero attached hydrogens (tertiary/aromatic N) is 3. The highest BCUT2D eigenvalue weighted by atomic mass is 35.5. The Morgan fingerprint density at radius 1 is 1.30 bits per heavy atom. The fourth-order valence-electron chi connectivity index (χ4n) is 5.36. The second kappa shape index (κ2) is 9.26. The Morgan fingerprint density at radius 3 is 2.78 bits per heavy atom. The van der Waals surface area contributed by atoms with Crippen molar-refractivity contribution in [2.24, 2.45) is 0 Å². The van der Waals surface area contributed by atoms with E-state index in [1.54, 1.807) is 6.92 Å². The van der Waals surface area contributed by atoms with Crippen molar-refractivity contribution in [1.29, 1.82) is 0 Å². The van der Waals surface area contributed by atoms with Gasteiger partial charge in [0.15, 0.2) is 5.82 Å². The maximum absolute atomic E-state index is 15.3. The van der Waals surface area contributed by atoms with E-state index in [1.165, 1.54) is 46.1 Å². The third kappa shape index (κ3) is 4.15. The number of hydrogen-bond acceptors (Lipinski definition) is 5. The van der Waals surface area contributed by atoms with Crippen molar-refractivity contribution in [3.05, 3.63) is 81.4 Å². The zero-order chi connectivity index (χ0) is 26.5. The number of hydrogen-bond donors (Lipinski definition) is 2. The summed E-state index contributed by atoms with van der Waals surface area (Å²) in [4.78, 5) is 43.5. The Morgan fingerprint density at radius 2 is 2.08 bits per heavy atom. The van der Waals surface area contributed by atoms with E-state index in [4.69, 9.17) is 11.6 Å². The minimum absolute atomic E-state index is 0.0276. The monoisotopic (exact) mass is 527 g/mol. The lowest BCUT2D eigenvalue weighted by atomic mass is 9.85. The van der Waals surface area contributed by atoms with Gasteiger partial charge < -0.3 is 15.5 Å². The molecule has 0 aliphatic carbocycles. The molecule has 5 rings (SSSR count). The van der Waals surface area contributed by atoms with E-state index in [0.717, 1.165) is 0 Å². The maximum Gasteiger partial charge on any atom is 0.262 e. The normalized spacial score (nSPS) is 21.4. The summed E-state index contributed by atoms with van der Waals surface area (Å²) >= 11 is 6.33. The Balaban J connectivity index is 1.64. The molecule has 0 spiro atoms. The van der Waals surface area contributed by atoms with Gasteiger partial charge in [-0.3, -0.25) is 19.0 Å². The van der Waals surface area contributed by atoms with Gasteiger partial charge in [0.2, 0.25) is 11.8 Å². The zero-order valence-corrected chi connectivity index (χ0v) is 20.7. The van der Waals surface area contributed by atoms with Gasteiger partial charge in [0.25, 0.3) is 5.56 Å². The van der Waals surface area contributed by atoms with Gasteiger partial charge in [-0.1, -0.05) is 18.2 Å². The molecule has 0 bridgehead atoms. The highest BCUT2D eigenvalue weighted by molar-refractivity contribution is 6.31. The summed E-state index contributed by atoms with van der Waals surface area (Å²) < 4.78 is 31.7. The molecule has 0 radical (unpaired) electrons. The average molecular weight is 528 g/mol. The van der Waals surface area contributed by atoms with Crippen LogP contribution in [0.2, 0.25) is 5.02 Å². The van der Waals surface area contributed by atoms with E-state index >= 15 is 8.78 Å². The van der Waals surface area contributed by atoms with Crippen LogP contribution in [0.1, 0.15) is 30.0 Å². The summed E-state index contributed by atoms with van der Waals surface area (Å²) in [5, 5.41) is 6.21. The molecule has 2 N–H and O–H groups in total. The van der Waals surface area contributed by atoms with Crippen LogP contribution in [0.4, 0.5) is 14.5 Å². The summed E-state index contributed by atoms with van der Waals surface area (Å²) in [6, 6.07) is 4.59. The maximum atomic E-state index is 15.3. The Labute approximate surface area is 215 Å². The number of halogens is 3. The molecule has 0 unspecified atom stereocenters. The molecule has 2 saturated heterocycles. The number of carbonyl (C=O) groups excluding carboxylic acids is 2. The predicted octanol–water partition coefficient (Wildman–Crippen LogP) is 3.42. The van der Waals surface area contributed by atoms with Gasteiger partial charge in [0.05, 0.1) is 17.3 Å². The largest absolute Gasteiger partial charge is 0.373 e. The molecule has 3 heterocycles. The second-order valence-corrected chi connectivity index (χ2v) is 9.76. The van der Waals surface area contributed by atoms with E-state index in [0.29, 0.717) is 36.5 Å². The number of carbonyl (C=O) groups is 2. The number of benzene rings is 2. The quantitative estimate of drug-likeness (QED) is 0.496. The first kappa shape index (κ1) is 24.9. The van der Waals surface area contributed by atoms with Crippen LogP contribution < -0.4 is 16.2 Å². The molecule has 11 heteroatoms. The standard InChI is InChI=1S/C26H24ClF2N5O3/c1-3-21(35)33-9-7-26(12-33,22-14(2)17(27)4-5-18(22)28)32-15-10-16-23(19(29)11-15)31-13-34(25(16)37)20-6-8-30-24(20)36/h3-5,10-11,13,20,32H,1,6-9,12H2,2H3,(H,30,36)/t20-,26+/m1/s1. The van der Waals surface area contributed by atoms with Crippen molar-refractivity contribution >= 4 is 40.0 Å². The van der Waals surface area contributed by atoms with Gasteiger partial charge in [0, 0.05) is 35.9 Å². The fraction of sp³-hybridized carbons (Fsp3) is 0.308. The van der Waals surface area contributed by atoms with Crippen LogP contribution >= 0.6 is 11.6 Å². The van der Waals surface area contributed by atoms with Crippen LogP contribution in [0.3, 0.4) is 0 Å². The number of aromatic nitrogens is 2. The first-order valence-electron chi connectivity index (χ1n) is 11.8. The van der Waals surface area contributed by atoms with Gasteiger partial charge in [0.1, 0.15) is 17.4 Å². The van der Waals surface area contributed by atoms with E-state index in [-0.39, 0.29) is 40.5 Å². The highest BCUT2D eigenvalue weighted by Gasteiger charge is 2.44. The Kier molecular flexibility index (Phi) is 6.23. The lowest BCUT2D eigenvalue weighted by Gasteiger charge is -2.34. The van der Waals surface area contributed by atoms with E-state index in [2.05, 4.69) is 22.2 Å². The summed E-state index contributed by atoms with van der Waals surface area (Å²) in [5.41, 5.74) is -0.928. The zero-order valence-electron chi connectivity index (χ0n) is 20.0. The van der Waals surface area contributed by atoms with Crippen molar-refractivity contribution in [2.45, 2.75) is 31.3 Å². The van der Waals surface area contributed by atoms with Crippen molar-refractivity contribution in [3.8, 4) is 0 Å². The predicted molar refractivity (Wildman–Crippen MR) is 135 cm³/mol. The van der Waals surface area contributed by atoms with Gasteiger partial charge in [-0.15, -0.1) is 0 Å². The SMILES string of the molecule is C=CC(=O)N1CC[C@@](Nc2cc(F)c3ncn([C@@H]4CCNC4=O)c(=O)c3c2)(c2c(F)ccc(Cl)c2C)C1. The van der Waals surface area contributed by atoms with Gasteiger partial charge in [-0.05, 0) is 55.7 Å². The molecular weight excluding hydrogens is 504 g/mol. The molecule has 8 nitrogen and oxygen atoms in total. The van der Waals surface area contributed by atoms with Gasteiger partial charge >= 0.3 is 0 Å². The molecule has 2 aliphatic heterocycles. The molecule has 2 atom stereocenters. The average Bonchev–Trinajstić information content (AvgIpc) is 3.49. The fourth-order valence-corrected chi connectivity index (χ4v) is 5.52. The minimum Gasteiger partial charge on any atom is -0.373 e. The van der Waals surface area contributed by atoms with Gasteiger partial charge in [-0.25, -0.2) is 13.8 Å². The molecular formula is C26H24ClF2N5O3. The van der Waals surface area contributed by atoms with Crippen LogP contribution in [0.25, 0.3) is 10.9 Å². The number of nitrogens with one attached hydrogen (secondary N) is 2. The first-order chi connectivity index (χ1) is 17.6. The number of anilines is 1. The third-order valence-electron chi connectivity index (χ3n) is 7.16. The number of likely N-dealkylation sites (tertiary alicyclic amines) is 1. The highest BCUT2D eigenvalue weighted by Crippen LogP contribution is 2.41. The van der Waals surface area contributed by atoms with Gasteiger partial charge in [-0.2, -0.15) is 0 Å². The molecule has 0 saturated carbocycles. The molecule has 2 fully saturated rings. The summed E-state index contributed by atoms with van der Waals surface area (Å²) in [6.45, 7) is 6.00. The number of rotatable bonds is 5. The summed E-state index contributed by atoms with van der Waals surface area (Å²) in [5.74, 6) is -1.91. The van der Waals surface area contributed by atoms with Crippen molar-refractivity contribution in [2.75, 3.05) is 25.0 Å². The molecule has 2 aromatic carbocycles. The second-order valence-electron chi connectivity index (χ2n) is 9.36. The molecule has 2 amide bonds. The van der Waals surface area contributed by atoms with Crippen LogP contribution in [-0.2, 0) is 15.1 Å². The van der Waals surface area contributed by atoms with Crippen LogP contribution in [-0.4, -0.2) is 45.9 Å². The van der Waals surface area contributed by atoms with Crippen molar-refractivity contribution in [3.63, 3.8) is 0 Å². The molecule has 37 heavy (non-hydrogen) atoms. The first-order valence-corrected chi connectivity index (χ1v) is 12.2. The number of fused-ring (bicyclic) bond motifs is 1. The lowest BCUT2D eigenvalue weighted by molar-refractivity contribution is -0.125. The Bertz CT molecular complexity index is 1520. The minimum atomic E-state index is -1.16. The van der Waals surface area contributed by atoms with Crippen molar-refractivity contribution in [1.82, 2.24) is 19.8 Å². The molecule has 2 aliphatic rings. The van der Waals surface area contributed by atoms with Crippen molar-refractivity contribution < 1.29 is 18.4 Å². The summed E-state index contributed by atoms with van der Waals surface area (Å²) in [7, 11) is 0. The van der Waals surface area contributed by atoms with E-state index < -0.39 is 28.8 Å². The third-order valence-corrected chi connectivity index (χ3v) is 7.57. The summed E-state index contributed by atoms with van der Waals surface area (Å²) in [6.07, 6.45) is 3.07. The van der Waals surface area contributed by atoms with E-state index in [9.17, 15) is 14.4 Å². The van der Waals surface area contributed by atoms with Crippen LogP contribution in [0.15, 0.2) is 48.0 Å².